The molecule has 1 amide bonds. The Morgan fingerprint density at radius 3 is 2.15 bits per heavy atom. The quantitative estimate of drug-likeness (QED) is 0.755. The van der Waals surface area contributed by atoms with Gasteiger partial charge in [-0.15, -0.1) is 0 Å². The maximum atomic E-state index is 12.1. The maximum absolute atomic E-state index is 12.1. The summed E-state index contributed by atoms with van der Waals surface area (Å²) in [5.41, 5.74) is 2.54. The van der Waals surface area contributed by atoms with Gasteiger partial charge in [-0.2, -0.15) is 0 Å². The molecular formula is C22H29NO3. The number of rotatable bonds is 7. The number of aryl methyl sites for hydroxylation is 1. The van der Waals surface area contributed by atoms with Gasteiger partial charge in [0.15, 0.2) is 6.10 Å². The molecule has 0 aliphatic heterocycles. The summed E-state index contributed by atoms with van der Waals surface area (Å²) >= 11 is 0. The van der Waals surface area contributed by atoms with Crippen LogP contribution in [0.25, 0.3) is 0 Å². The molecule has 0 aliphatic rings. The van der Waals surface area contributed by atoms with Gasteiger partial charge < -0.3 is 14.8 Å². The molecule has 0 saturated heterocycles. The molecule has 2 aromatic rings. The van der Waals surface area contributed by atoms with Crippen LogP contribution in [0, 0.1) is 6.92 Å². The number of carbonyl (C=O) groups is 1. The van der Waals surface area contributed by atoms with Gasteiger partial charge in [0.1, 0.15) is 18.1 Å². The van der Waals surface area contributed by atoms with Crippen LogP contribution < -0.4 is 14.8 Å². The molecule has 1 N–H and O–H groups in total. The topological polar surface area (TPSA) is 47.6 Å². The van der Waals surface area contributed by atoms with Crippen LogP contribution in [0.4, 0.5) is 0 Å². The minimum atomic E-state index is -0.552. The highest BCUT2D eigenvalue weighted by Gasteiger charge is 2.14. The smallest absolute Gasteiger partial charge is 0.260 e. The predicted octanol–water partition coefficient (Wildman–Crippen LogP) is 4.26. The number of nitrogens with one attached hydrogen (secondary N) is 1. The first-order chi connectivity index (χ1) is 12.3. The van der Waals surface area contributed by atoms with Gasteiger partial charge in [-0.25, -0.2) is 0 Å². The highest BCUT2D eigenvalue weighted by molar-refractivity contribution is 5.80. The number of ether oxygens (including phenoxy) is 2. The van der Waals surface area contributed by atoms with E-state index < -0.39 is 6.10 Å². The standard InChI is InChI=1S/C22H29NO3/c1-16-6-10-20(11-7-16)26-17(2)21(24)23-14-15-25-19-12-8-18(9-13-19)22(3,4)5/h6-13,17H,14-15H2,1-5H3,(H,23,24)/t17-/m1/s1. The van der Waals surface area contributed by atoms with Gasteiger partial charge in [-0.1, -0.05) is 50.6 Å². The molecule has 2 aromatic carbocycles. The number of amides is 1. The zero-order valence-electron chi connectivity index (χ0n) is 16.3. The van der Waals surface area contributed by atoms with E-state index in [2.05, 4.69) is 38.2 Å². The third kappa shape index (κ3) is 6.10. The normalized spacial score (nSPS) is 12.3. The Balaban J connectivity index is 1.71. The molecule has 0 aromatic heterocycles. The maximum Gasteiger partial charge on any atom is 0.260 e. The lowest BCUT2D eigenvalue weighted by Gasteiger charge is -2.19. The van der Waals surface area contributed by atoms with E-state index in [1.54, 1.807) is 6.92 Å². The fraction of sp³-hybridized carbons (Fsp3) is 0.409. The third-order valence-corrected chi connectivity index (χ3v) is 4.09. The van der Waals surface area contributed by atoms with E-state index in [1.165, 1.54) is 5.56 Å². The number of benzene rings is 2. The van der Waals surface area contributed by atoms with E-state index in [1.807, 2.05) is 43.3 Å². The summed E-state index contributed by atoms with van der Waals surface area (Å²) < 4.78 is 11.3. The van der Waals surface area contributed by atoms with Crippen LogP contribution in [0.15, 0.2) is 48.5 Å². The van der Waals surface area contributed by atoms with Crippen LogP contribution in [0.3, 0.4) is 0 Å². The Kier molecular flexibility index (Phi) is 6.67. The largest absolute Gasteiger partial charge is 0.492 e. The van der Waals surface area contributed by atoms with Crippen molar-refractivity contribution < 1.29 is 14.3 Å². The molecule has 140 valence electrons. The first-order valence-electron chi connectivity index (χ1n) is 9.00. The summed E-state index contributed by atoms with van der Waals surface area (Å²) in [6.07, 6.45) is -0.552. The van der Waals surface area contributed by atoms with Gasteiger partial charge in [0.2, 0.25) is 0 Å². The molecule has 4 nitrogen and oxygen atoms in total. The molecule has 0 heterocycles. The van der Waals surface area contributed by atoms with Crippen molar-refractivity contribution in [3.8, 4) is 11.5 Å². The van der Waals surface area contributed by atoms with Crippen LogP contribution in [0.1, 0.15) is 38.8 Å². The van der Waals surface area contributed by atoms with E-state index in [0.29, 0.717) is 18.9 Å². The van der Waals surface area contributed by atoms with Gasteiger partial charge in [-0.3, -0.25) is 4.79 Å². The SMILES string of the molecule is Cc1ccc(O[C@H](C)C(=O)NCCOc2ccc(C(C)(C)C)cc2)cc1. The van der Waals surface area contributed by atoms with Gasteiger partial charge in [0.25, 0.3) is 5.91 Å². The van der Waals surface area contributed by atoms with Gasteiger partial charge >= 0.3 is 0 Å². The highest BCUT2D eigenvalue weighted by Crippen LogP contribution is 2.24. The molecule has 26 heavy (non-hydrogen) atoms. The van der Waals surface area contributed by atoms with Crippen LogP contribution in [0.2, 0.25) is 0 Å². The fourth-order valence-electron chi connectivity index (χ4n) is 2.41. The zero-order chi connectivity index (χ0) is 19.2. The molecule has 0 spiro atoms. The molecule has 0 saturated carbocycles. The summed E-state index contributed by atoms with van der Waals surface area (Å²) in [7, 11) is 0. The van der Waals surface area contributed by atoms with Crippen LogP contribution >= 0.6 is 0 Å². The average Bonchev–Trinajstić information content (AvgIpc) is 2.60. The zero-order valence-corrected chi connectivity index (χ0v) is 16.3. The summed E-state index contributed by atoms with van der Waals surface area (Å²) in [5, 5.41) is 2.83. The lowest BCUT2D eigenvalue weighted by atomic mass is 9.87. The average molecular weight is 355 g/mol. The second-order valence-corrected chi connectivity index (χ2v) is 7.49. The second-order valence-electron chi connectivity index (χ2n) is 7.49. The van der Waals surface area contributed by atoms with Crippen LogP contribution in [-0.2, 0) is 10.2 Å². The Bertz CT molecular complexity index is 700. The van der Waals surface area contributed by atoms with E-state index in [0.717, 1.165) is 11.3 Å². The van der Waals surface area contributed by atoms with Gasteiger partial charge in [0.05, 0.1) is 6.54 Å². The van der Waals surface area contributed by atoms with Crippen LogP contribution in [0.5, 0.6) is 11.5 Å². The summed E-state index contributed by atoms with van der Waals surface area (Å²) in [6, 6.07) is 15.7. The van der Waals surface area contributed by atoms with E-state index >= 15 is 0 Å². The fourth-order valence-corrected chi connectivity index (χ4v) is 2.41. The van der Waals surface area contributed by atoms with Crippen molar-refractivity contribution in [1.29, 1.82) is 0 Å². The van der Waals surface area contributed by atoms with Crippen molar-refractivity contribution in [3.05, 3.63) is 59.7 Å². The van der Waals surface area contributed by atoms with Crippen molar-refractivity contribution in [3.63, 3.8) is 0 Å². The lowest BCUT2D eigenvalue weighted by molar-refractivity contribution is -0.127. The molecule has 2 rings (SSSR count). The van der Waals surface area contributed by atoms with Crippen LogP contribution in [-0.4, -0.2) is 25.2 Å². The summed E-state index contributed by atoms with van der Waals surface area (Å²) in [5.74, 6) is 1.34. The molecular weight excluding hydrogens is 326 g/mol. The summed E-state index contributed by atoms with van der Waals surface area (Å²) in [6.45, 7) is 11.1. The molecule has 1 atom stereocenters. The van der Waals surface area contributed by atoms with Crippen molar-refractivity contribution in [2.45, 2.75) is 46.1 Å². The van der Waals surface area contributed by atoms with E-state index in [4.69, 9.17) is 9.47 Å². The third-order valence-electron chi connectivity index (χ3n) is 4.09. The Morgan fingerprint density at radius 1 is 1.00 bits per heavy atom. The van der Waals surface area contributed by atoms with Crippen molar-refractivity contribution >= 4 is 5.91 Å². The molecule has 4 heteroatoms. The molecule has 0 bridgehead atoms. The van der Waals surface area contributed by atoms with E-state index in [-0.39, 0.29) is 11.3 Å². The Hall–Kier alpha value is -2.49. The molecule has 0 aliphatic carbocycles. The second kappa shape index (κ2) is 8.75. The summed E-state index contributed by atoms with van der Waals surface area (Å²) in [4.78, 5) is 12.1. The molecule has 0 fully saturated rings. The number of carbonyl (C=O) groups excluding carboxylic acids is 1. The van der Waals surface area contributed by atoms with E-state index in [9.17, 15) is 4.79 Å². The van der Waals surface area contributed by atoms with Crippen molar-refractivity contribution in [1.82, 2.24) is 5.32 Å². The van der Waals surface area contributed by atoms with Gasteiger partial charge in [0, 0.05) is 0 Å². The highest BCUT2D eigenvalue weighted by atomic mass is 16.5. The monoisotopic (exact) mass is 355 g/mol. The molecule has 0 unspecified atom stereocenters. The number of hydrogen-bond donors (Lipinski definition) is 1. The first kappa shape index (κ1) is 19.8. The Labute approximate surface area is 156 Å². The Morgan fingerprint density at radius 2 is 1.58 bits per heavy atom. The van der Waals surface area contributed by atoms with Crippen molar-refractivity contribution in [2.24, 2.45) is 0 Å². The molecule has 0 radical (unpaired) electrons. The lowest BCUT2D eigenvalue weighted by Crippen LogP contribution is -2.38. The van der Waals surface area contributed by atoms with Crippen molar-refractivity contribution in [2.75, 3.05) is 13.2 Å². The first-order valence-corrected chi connectivity index (χ1v) is 9.00. The predicted molar refractivity (Wildman–Crippen MR) is 105 cm³/mol. The van der Waals surface area contributed by atoms with Gasteiger partial charge in [-0.05, 0) is 49.1 Å². The number of hydrogen-bond acceptors (Lipinski definition) is 3. The minimum Gasteiger partial charge on any atom is -0.492 e. The minimum absolute atomic E-state index is 0.125.